The maximum atomic E-state index is 9.58. The molecule has 0 aliphatic carbocycles. The molecule has 0 amide bonds. The van der Waals surface area contributed by atoms with Gasteiger partial charge >= 0.3 is 34.7 Å². The fourth-order valence-electron chi connectivity index (χ4n) is 0.724. The smallest absolute Gasteiger partial charge is 0.550 e. The van der Waals surface area contributed by atoms with Crippen molar-refractivity contribution in [1.29, 1.82) is 0 Å². The third-order valence-electron chi connectivity index (χ3n) is 1.90. The Labute approximate surface area is 183 Å². The Kier molecular flexibility index (Phi) is 26.5. The van der Waals surface area contributed by atoms with Gasteiger partial charge in [0, 0.05) is 37.2 Å². The average Bonchev–Trinajstić information content (AvgIpc) is 2.46. The van der Waals surface area contributed by atoms with E-state index in [-0.39, 0.29) is 34.7 Å². The van der Waals surface area contributed by atoms with E-state index in [0.717, 1.165) is 0 Å². The van der Waals surface area contributed by atoms with E-state index in [1.807, 2.05) is 0 Å². The van der Waals surface area contributed by atoms with E-state index >= 15 is 0 Å². The van der Waals surface area contributed by atoms with Crippen LogP contribution in [0.15, 0.2) is 0 Å². The Hall–Kier alpha value is -2.24. The summed E-state index contributed by atoms with van der Waals surface area (Å²) < 4.78 is 0. The molecule has 0 saturated heterocycles. The van der Waals surface area contributed by atoms with Crippen molar-refractivity contribution < 1.29 is 74.7 Å². The first-order valence-corrected chi connectivity index (χ1v) is 6.38. The van der Waals surface area contributed by atoms with Crippen molar-refractivity contribution in [3.8, 4) is 0 Å². The fourth-order valence-corrected chi connectivity index (χ4v) is 0.724. The molecule has 0 bridgehead atoms. The summed E-state index contributed by atoms with van der Waals surface area (Å²) in [4.78, 5) is 57.4. The third-order valence-corrected chi connectivity index (χ3v) is 1.90. The molecule has 3 N–H and O–H groups in total. The van der Waals surface area contributed by atoms with Crippen LogP contribution in [0, 0.1) is 0 Å². The molecule has 0 saturated carbocycles. The molecule has 3 atom stereocenters. The van der Waals surface area contributed by atoms with Crippen molar-refractivity contribution in [3.05, 3.63) is 0 Å². The number of aliphatic carboxylic acids is 6. The molecule has 3 unspecified atom stereocenters. The maximum Gasteiger partial charge on any atom is 3.00 e. The average molecular weight is 450 g/mol. The van der Waals surface area contributed by atoms with Crippen LogP contribution in [-0.2, 0) is 28.8 Å². The maximum absolute atomic E-state index is 9.58. The van der Waals surface area contributed by atoms with Gasteiger partial charge in [0.2, 0.25) is 0 Å². The van der Waals surface area contributed by atoms with Crippen molar-refractivity contribution in [2.24, 2.45) is 0 Å². The zero-order valence-electron chi connectivity index (χ0n) is 14.2. The number of aliphatic hydroxyl groups excluding tert-OH is 3. The summed E-state index contributed by atoms with van der Waals surface area (Å²) in [6, 6.07) is 0. The van der Waals surface area contributed by atoms with E-state index in [0.29, 0.717) is 0 Å². The summed E-state index contributed by atoms with van der Waals surface area (Å²) in [7, 11) is 0. The second kappa shape index (κ2) is 20.5. The Morgan fingerprint density at radius 1 is 0.483 bits per heavy atom. The van der Waals surface area contributed by atoms with Gasteiger partial charge in [0.05, 0.1) is 36.2 Å². The third kappa shape index (κ3) is 30.7. The van der Waals surface area contributed by atoms with Crippen LogP contribution < -0.4 is 30.6 Å². The van der Waals surface area contributed by atoms with E-state index in [2.05, 4.69) is 0 Å². The van der Waals surface area contributed by atoms with Gasteiger partial charge < -0.3 is 74.7 Å². The molecule has 0 rings (SSSR count). The van der Waals surface area contributed by atoms with E-state index in [1.54, 1.807) is 0 Å². The molecule has 29 heavy (non-hydrogen) atoms. The number of carboxylic acid groups (broad SMARTS) is 6. The van der Waals surface area contributed by atoms with Crippen LogP contribution in [0.2, 0.25) is 0 Å². The Balaban J connectivity index is -0.0000000960. The SMILES string of the molecule is O=C([O-])CC(O)C(=O)[O-].O=C([O-])CC(O)C(=O)[O-].O=C([O-])CC(O)C(=O)[O-].[Al+3].[Al+3]. The Morgan fingerprint density at radius 2 is 0.621 bits per heavy atom. The minimum Gasteiger partial charge on any atom is -0.550 e. The molecule has 0 aromatic rings. The van der Waals surface area contributed by atoms with E-state index < -0.39 is 73.4 Å². The summed E-state index contributed by atoms with van der Waals surface area (Å²) in [5.41, 5.74) is 0. The van der Waals surface area contributed by atoms with Gasteiger partial charge in [-0.15, -0.1) is 0 Å². The number of carbonyl (C=O) groups excluding carboxylic acids is 6. The van der Waals surface area contributed by atoms with Crippen molar-refractivity contribution in [3.63, 3.8) is 0 Å². The van der Waals surface area contributed by atoms with Crippen molar-refractivity contribution in [1.82, 2.24) is 0 Å². The minimum absolute atomic E-state index is 0. The number of carbonyl (C=O) groups is 6. The number of carboxylic acids is 6. The number of aliphatic hydroxyl groups is 3. The molecule has 0 heterocycles. The van der Waals surface area contributed by atoms with Gasteiger partial charge in [-0.1, -0.05) is 0 Å². The van der Waals surface area contributed by atoms with Gasteiger partial charge in [0.15, 0.2) is 0 Å². The van der Waals surface area contributed by atoms with E-state index in [1.165, 1.54) is 0 Å². The van der Waals surface area contributed by atoms with E-state index in [4.69, 9.17) is 15.3 Å². The Bertz CT molecular complexity index is 473. The zero-order valence-corrected chi connectivity index (χ0v) is 16.6. The van der Waals surface area contributed by atoms with Crippen molar-refractivity contribution in [2.75, 3.05) is 0 Å². The van der Waals surface area contributed by atoms with Crippen LogP contribution in [0.1, 0.15) is 19.3 Å². The molecule has 0 aromatic heterocycles. The molecule has 0 fully saturated rings. The largest absolute Gasteiger partial charge is 3.00 e. The molecule has 17 heteroatoms. The monoisotopic (exact) mass is 450 g/mol. The number of hydrogen-bond donors (Lipinski definition) is 3. The predicted molar refractivity (Wildman–Crippen MR) is 73.4 cm³/mol. The topological polar surface area (TPSA) is 301 Å². The first kappa shape index (κ1) is 37.5. The molecule has 0 aliphatic heterocycles. The molecule has 0 aliphatic rings. The molecule has 15 nitrogen and oxygen atoms in total. The van der Waals surface area contributed by atoms with Gasteiger partial charge in [-0.3, -0.25) is 0 Å². The van der Waals surface area contributed by atoms with Gasteiger partial charge in [-0.2, -0.15) is 0 Å². The first-order chi connectivity index (χ1) is 12.1. The summed E-state index contributed by atoms with van der Waals surface area (Å²) in [5.74, 6) is -10.3. The summed E-state index contributed by atoms with van der Waals surface area (Å²) in [6.07, 6.45) is -8.67. The predicted octanol–water partition coefficient (Wildman–Crippen LogP) is -12.1. The second-order valence-corrected chi connectivity index (χ2v) is 4.23. The van der Waals surface area contributed by atoms with Gasteiger partial charge in [-0.05, 0) is 0 Å². The van der Waals surface area contributed by atoms with Crippen molar-refractivity contribution in [2.45, 2.75) is 37.6 Å². The molecule has 0 aromatic carbocycles. The molecule has 0 radical (unpaired) electrons. The summed E-state index contributed by atoms with van der Waals surface area (Å²) >= 11 is 0. The van der Waals surface area contributed by atoms with Crippen LogP contribution in [0.4, 0.5) is 0 Å². The standard InChI is InChI=1S/3C4H6O5.2Al/c3*5-2(4(8)9)1-3(6)7;;/h3*2,5H,1H2,(H,6,7)(H,8,9);;/q;;;2*+3/p-6. The van der Waals surface area contributed by atoms with Crippen LogP contribution in [0.3, 0.4) is 0 Å². The van der Waals surface area contributed by atoms with Crippen LogP contribution in [-0.4, -0.2) is 104 Å². The first-order valence-electron chi connectivity index (χ1n) is 6.38. The zero-order chi connectivity index (χ0) is 22.3. The van der Waals surface area contributed by atoms with Gasteiger partial charge in [0.25, 0.3) is 0 Å². The quantitative estimate of drug-likeness (QED) is 0.275. The summed E-state index contributed by atoms with van der Waals surface area (Å²) in [5, 5.41) is 82.0. The fraction of sp³-hybridized carbons (Fsp3) is 0.500. The van der Waals surface area contributed by atoms with Crippen LogP contribution >= 0.6 is 0 Å². The van der Waals surface area contributed by atoms with Gasteiger partial charge in [-0.25, -0.2) is 0 Å². The van der Waals surface area contributed by atoms with E-state index in [9.17, 15) is 59.4 Å². The molecule has 156 valence electrons. The number of hydrogen-bond acceptors (Lipinski definition) is 15. The minimum atomic E-state index is -1.96. The van der Waals surface area contributed by atoms with Crippen LogP contribution in [0.25, 0.3) is 0 Å². The Morgan fingerprint density at radius 3 is 0.655 bits per heavy atom. The second-order valence-electron chi connectivity index (χ2n) is 4.23. The molecule has 0 spiro atoms. The van der Waals surface area contributed by atoms with Gasteiger partial charge in [0.1, 0.15) is 0 Å². The molecular formula is C12H12Al2O15. The number of rotatable bonds is 9. The normalized spacial score (nSPS) is 11.7. The van der Waals surface area contributed by atoms with Crippen LogP contribution in [0.5, 0.6) is 0 Å². The molecular weight excluding hydrogens is 438 g/mol. The summed E-state index contributed by atoms with van der Waals surface area (Å²) in [6.45, 7) is 0. The van der Waals surface area contributed by atoms with Crippen molar-refractivity contribution >= 4 is 70.5 Å².